The van der Waals surface area contributed by atoms with Crippen LogP contribution in [0.3, 0.4) is 0 Å². The number of hydrogen-bond acceptors (Lipinski definition) is 5. The SMILES string of the molecule is CCOC(=O)c1c(NC(=O)CCn2cc(Cl)cn2)sc2c1CCCC2. The van der Waals surface area contributed by atoms with Crippen LogP contribution in [0.25, 0.3) is 0 Å². The third-order valence-electron chi connectivity index (χ3n) is 4.07. The molecule has 1 N–H and O–H groups in total. The van der Waals surface area contributed by atoms with Gasteiger partial charge in [-0.3, -0.25) is 9.48 Å². The summed E-state index contributed by atoms with van der Waals surface area (Å²) in [7, 11) is 0. The second kappa shape index (κ2) is 8.01. The zero-order valence-corrected chi connectivity index (χ0v) is 15.6. The van der Waals surface area contributed by atoms with Crippen LogP contribution in [0.1, 0.15) is 47.0 Å². The van der Waals surface area contributed by atoms with E-state index in [0.717, 1.165) is 31.2 Å². The summed E-state index contributed by atoms with van der Waals surface area (Å²) in [5.41, 5.74) is 1.58. The van der Waals surface area contributed by atoms with Crippen molar-refractivity contribution in [1.29, 1.82) is 0 Å². The van der Waals surface area contributed by atoms with E-state index >= 15 is 0 Å². The number of nitrogens with one attached hydrogen (secondary N) is 1. The first kappa shape index (κ1) is 17.9. The van der Waals surface area contributed by atoms with Crippen molar-refractivity contribution in [1.82, 2.24) is 9.78 Å². The van der Waals surface area contributed by atoms with Crippen LogP contribution in [0.2, 0.25) is 5.02 Å². The Morgan fingerprint density at radius 2 is 2.20 bits per heavy atom. The molecule has 2 aromatic heterocycles. The van der Waals surface area contributed by atoms with E-state index in [1.54, 1.807) is 17.8 Å². The van der Waals surface area contributed by atoms with Crippen LogP contribution in [0.15, 0.2) is 12.4 Å². The number of esters is 1. The van der Waals surface area contributed by atoms with Crippen molar-refractivity contribution in [3.63, 3.8) is 0 Å². The van der Waals surface area contributed by atoms with Gasteiger partial charge in [0.15, 0.2) is 0 Å². The molecule has 1 aliphatic carbocycles. The summed E-state index contributed by atoms with van der Waals surface area (Å²) in [6.45, 7) is 2.53. The maximum atomic E-state index is 12.4. The van der Waals surface area contributed by atoms with E-state index in [4.69, 9.17) is 16.3 Å². The molecule has 0 fully saturated rings. The molecule has 2 heterocycles. The Bertz CT molecular complexity index is 784. The number of aryl methyl sites for hydroxylation is 2. The topological polar surface area (TPSA) is 73.2 Å². The van der Waals surface area contributed by atoms with Gasteiger partial charge in [-0.2, -0.15) is 5.10 Å². The van der Waals surface area contributed by atoms with Gasteiger partial charge in [0.25, 0.3) is 0 Å². The number of carbonyl (C=O) groups excluding carboxylic acids is 2. The first-order chi connectivity index (χ1) is 12.1. The number of rotatable bonds is 6. The number of carbonyl (C=O) groups is 2. The normalized spacial score (nSPS) is 13.4. The Kier molecular flexibility index (Phi) is 5.75. The fourth-order valence-corrected chi connectivity index (χ4v) is 4.39. The Balaban J connectivity index is 1.73. The number of ether oxygens (including phenoxy) is 1. The second-order valence-corrected chi connectivity index (χ2v) is 7.40. The molecule has 0 atom stereocenters. The lowest BCUT2D eigenvalue weighted by atomic mass is 9.95. The number of halogens is 1. The standard InChI is InChI=1S/C17H20ClN3O3S/c1-2-24-17(23)15-12-5-3-4-6-13(12)25-16(15)20-14(22)7-8-21-10-11(18)9-19-21/h9-10H,2-8H2,1H3,(H,20,22). The van der Waals surface area contributed by atoms with Crippen molar-refractivity contribution in [2.75, 3.05) is 11.9 Å². The smallest absolute Gasteiger partial charge is 0.341 e. The lowest BCUT2D eigenvalue weighted by molar-refractivity contribution is -0.116. The third-order valence-corrected chi connectivity index (χ3v) is 5.48. The molecule has 2 aromatic rings. The number of aromatic nitrogens is 2. The van der Waals surface area contributed by atoms with Gasteiger partial charge in [-0.1, -0.05) is 11.6 Å². The van der Waals surface area contributed by atoms with Gasteiger partial charge in [-0.25, -0.2) is 4.79 Å². The highest BCUT2D eigenvalue weighted by Crippen LogP contribution is 2.38. The minimum atomic E-state index is -0.351. The van der Waals surface area contributed by atoms with E-state index in [0.29, 0.717) is 28.7 Å². The molecule has 6 nitrogen and oxygen atoms in total. The van der Waals surface area contributed by atoms with Crippen molar-refractivity contribution in [2.45, 2.75) is 45.6 Å². The van der Waals surface area contributed by atoms with E-state index in [-0.39, 0.29) is 18.3 Å². The van der Waals surface area contributed by atoms with Gasteiger partial charge in [0.2, 0.25) is 5.91 Å². The Labute approximate surface area is 155 Å². The minimum absolute atomic E-state index is 0.157. The van der Waals surface area contributed by atoms with Crippen molar-refractivity contribution >= 4 is 39.8 Å². The quantitative estimate of drug-likeness (QED) is 0.774. The summed E-state index contributed by atoms with van der Waals surface area (Å²) in [6.07, 6.45) is 7.44. The van der Waals surface area contributed by atoms with Crippen molar-refractivity contribution in [3.05, 3.63) is 33.4 Å². The monoisotopic (exact) mass is 381 g/mol. The van der Waals surface area contributed by atoms with Gasteiger partial charge < -0.3 is 10.1 Å². The summed E-state index contributed by atoms with van der Waals surface area (Å²) in [6, 6.07) is 0. The molecule has 0 bridgehead atoms. The highest BCUT2D eigenvalue weighted by Gasteiger charge is 2.27. The fraction of sp³-hybridized carbons (Fsp3) is 0.471. The predicted octanol–water partition coefficient (Wildman–Crippen LogP) is 3.68. The highest BCUT2D eigenvalue weighted by atomic mass is 35.5. The van der Waals surface area contributed by atoms with Gasteiger partial charge in [-0.05, 0) is 38.2 Å². The molecule has 8 heteroatoms. The molecule has 1 aliphatic rings. The van der Waals surface area contributed by atoms with Crippen LogP contribution in [0.5, 0.6) is 0 Å². The molecular formula is C17H20ClN3O3S. The molecule has 3 rings (SSSR count). The minimum Gasteiger partial charge on any atom is -0.462 e. The number of thiophene rings is 1. The first-order valence-electron chi connectivity index (χ1n) is 8.38. The van der Waals surface area contributed by atoms with Crippen LogP contribution in [-0.2, 0) is 28.9 Å². The molecule has 134 valence electrons. The van der Waals surface area contributed by atoms with Gasteiger partial charge >= 0.3 is 5.97 Å². The molecular weight excluding hydrogens is 362 g/mol. The second-order valence-electron chi connectivity index (χ2n) is 5.86. The zero-order chi connectivity index (χ0) is 17.8. The molecule has 0 saturated heterocycles. The van der Waals surface area contributed by atoms with E-state index in [2.05, 4.69) is 10.4 Å². The van der Waals surface area contributed by atoms with Crippen LogP contribution in [0, 0.1) is 0 Å². The Hall–Kier alpha value is -1.86. The number of hydrogen-bond donors (Lipinski definition) is 1. The average molecular weight is 382 g/mol. The maximum absolute atomic E-state index is 12.4. The molecule has 0 aromatic carbocycles. The average Bonchev–Trinajstić information content (AvgIpc) is 3.16. The van der Waals surface area contributed by atoms with Crippen molar-refractivity contribution < 1.29 is 14.3 Å². The molecule has 0 unspecified atom stereocenters. The summed E-state index contributed by atoms with van der Waals surface area (Å²) in [5, 5.41) is 8.08. The van der Waals surface area contributed by atoms with E-state index in [9.17, 15) is 9.59 Å². The Morgan fingerprint density at radius 1 is 1.40 bits per heavy atom. The number of amides is 1. The lowest BCUT2D eigenvalue weighted by Crippen LogP contribution is -2.17. The summed E-state index contributed by atoms with van der Waals surface area (Å²) in [4.78, 5) is 25.9. The molecule has 0 aliphatic heterocycles. The van der Waals surface area contributed by atoms with E-state index in [1.165, 1.54) is 22.4 Å². The van der Waals surface area contributed by atoms with Crippen molar-refractivity contribution in [3.8, 4) is 0 Å². The molecule has 25 heavy (non-hydrogen) atoms. The lowest BCUT2D eigenvalue weighted by Gasteiger charge is -2.12. The molecule has 1 amide bonds. The fourth-order valence-electron chi connectivity index (χ4n) is 2.94. The summed E-state index contributed by atoms with van der Waals surface area (Å²) >= 11 is 7.31. The van der Waals surface area contributed by atoms with E-state index in [1.807, 2.05) is 0 Å². The highest BCUT2D eigenvalue weighted by molar-refractivity contribution is 7.17. The van der Waals surface area contributed by atoms with Crippen LogP contribution < -0.4 is 5.32 Å². The third kappa shape index (κ3) is 4.22. The molecule has 0 saturated carbocycles. The van der Waals surface area contributed by atoms with Crippen molar-refractivity contribution in [2.24, 2.45) is 0 Å². The van der Waals surface area contributed by atoms with Gasteiger partial charge in [-0.15, -0.1) is 11.3 Å². The van der Waals surface area contributed by atoms with Gasteiger partial charge in [0.05, 0.1) is 23.4 Å². The molecule has 0 spiro atoms. The number of fused-ring (bicyclic) bond motifs is 1. The summed E-state index contributed by atoms with van der Waals surface area (Å²) < 4.78 is 6.81. The summed E-state index contributed by atoms with van der Waals surface area (Å²) in [5.74, 6) is -0.508. The van der Waals surface area contributed by atoms with Crippen LogP contribution >= 0.6 is 22.9 Å². The predicted molar refractivity (Wildman–Crippen MR) is 97.4 cm³/mol. The van der Waals surface area contributed by atoms with Crippen LogP contribution in [0.4, 0.5) is 5.00 Å². The first-order valence-corrected chi connectivity index (χ1v) is 9.57. The van der Waals surface area contributed by atoms with Gasteiger partial charge in [0.1, 0.15) is 5.00 Å². The number of nitrogens with zero attached hydrogens (tertiary/aromatic N) is 2. The van der Waals surface area contributed by atoms with E-state index < -0.39 is 0 Å². The van der Waals surface area contributed by atoms with Gasteiger partial charge in [0, 0.05) is 24.0 Å². The maximum Gasteiger partial charge on any atom is 0.341 e. The molecule has 0 radical (unpaired) electrons. The zero-order valence-electron chi connectivity index (χ0n) is 14.0. The van der Waals surface area contributed by atoms with Crippen LogP contribution in [-0.4, -0.2) is 28.3 Å². The largest absolute Gasteiger partial charge is 0.462 e. The number of anilines is 1. The Morgan fingerprint density at radius 3 is 2.92 bits per heavy atom.